The van der Waals surface area contributed by atoms with Gasteiger partial charge in [0, 0.05) is 17.5 Å². The van der Waals surface area contributed by atoms with Crippen LogP contribution in [0.5, 0.6) is 0 Å². The number of nitriles is 1. The number of anilines is 1. The number of nitrogens with one attached hydrogen (secondary N) is 2. The lowest BCUT2D eigenvalue weighted by Gasteiger charge is -2.09. The van der Waals surface area contributed by atoms with E-state index in [9.17, 15) is 14.9 Å². The zero-order chi connectivity index (χ0) is 23.5. The molecule has 170 valence electrons. The lowest BCUT2D eigenvalue weighted by Crippen LogP contribution is -2.25. The summed E-state index contributed by atoms with van der Waals surface area (Å²) in [6, 6.07) is 9.60. The second-order valence-corrected chi connectivity index (χ2v) is 9.46. The predicted octanol–water partition coefficient (Wildman–Crippen LogP) is 3.64. The maximum absolute atomic E-state index is 12.7. The molecular weight excluding hydrogens is 456 g/mol. The van der Waals surface area contributed by atoms with Crippen LogP contribution in [0.4, 0.5) is 5.00 Å². The summed E-state index contributed by atoms with van der Waals surface area (Å²) in [6.07, 6.45) is 4.01. The van der Waals surface area contributed by atoms with E-state index in [-0.39, 0.29) is 24.9 Å². The highest BCUT2D eigenvalue weighted by Gasteiger charge is 2.22. The number of hydrogen-bond donors (Lipinski definition) is 2. The van der Waals surface area contributed by atoms with Crippen molar-refractivity contribution < 1.29 is 9.59 Å². The van der Waals surface area contributed by atoms with Gasteiger partial charge in [0.15, 0.2) is 10.6 Å². The normalized spacial score (nSPS) is 12.6. The number of aromatic nitrogens is 3. The van der Waals surface area contributed by atoms with E-state index < -0.39 is 0 Å². The van der Waals surface area contributed by atoms with Crippen molar-refractivity contribution >= 4 is 40.4 Å². The van der Waals surface area contributed by atoms with Gasteiger partial charge in [-0.1, -0.05) is 18.2 Å². The number of carbonyl (C=O) groups excluding carboxylic acids is 2. The van der Waals surface area contributed by atoms with E-state index in [1.807, 2.05) is 25.1 Å². The van der Waals surface area contributed by atoms with Gasteiger partial charge in [-0.05, 0) is 62.0 Å². The molecule has 33 heavy (non-hydrogen) atoms. The fraction of sp³-hybridized carbons (Fsp3) is 0.348. The molecule has 3 aromatic rings. The number of rotatable bonds is 6. The van der Waals surface area contributed by atoms with Crippen molar-refractivity contribution in [3.8, 4) is 6.07 Å². The smallest absolute Gasteiger partial charge is 0.251 e. The molecule has 0 unspecified atom stereocenters. The first-order valence-electron chi connectivity index (χ1n) is 10.7. The summed E-state index contributed by atoms with van der Waals surface area (Å²) in [6.45, 7) is 1.98. The molecule has 0 bridgehead atoms. The van der Waals surface area contributed by atoms with E-state index in [1.54, 1.807) is 17.7 Å². The third kappa shape index (κ3) is 4.74. The average molecular weight is 481 g/mol. The minimum atomic E-state index is -0.296. The maximum Gasteiger partial charge on any atom is 0.251 e. The Hall–Kier alpha value is -3.29. The van der Waals surface area contributed by atoms with Crippen LogP contribution >= 0.6 is 23.6 Å². The number of hydrogen-bond acceptors (Lipinski definition) is 6. The Morgan fingerprint density at radius 2 is 2.03 bits per heavy atom. The van der Waals surface area contributed by atoms with Crippen molar-refractivity contribution in [1.82, 2.24) is 19.7 Å². The van der Waals surface area contributed by atoms with Crippen LogP contribution in [0.1, 0.15) is 50.6 Å². The van der Waals surface area contributed by atoms with Crippen molar-refractivity contribution in [3.05, 3.63) is 62.0 Å². The molecule has 0 saturated carbocycles. The van der Waals surface area contributed by atoms with Gasteiger partial charge < -0.3 is 15.2 Å². The number of amides is 2. The minimum absolute atomic E-state index is 0.0775. The molecular formula is C23H24N6O2S2. The van der Waals surface area contributed by atoms with Gasteiger partial charge in [-0.2, -0.15) is 10.4 Å². The van der Waals surface area contributed by atoms with E-state index in [2.05, 4.69) is 21.8 Å². The summed E-state index contributed by atoms with van der Waals surface area (Å²) in [4.78, 5) is 26.4. The molecule has 2 amide bonds. The molecule has 1 aliphatic rings. The number of thiophene rings is 1. The molecule has 0 atom stereocenters. The van der Waals surface area contributed by atoms with Crippen LogP contribution in [0, 0.1) is 23.0 Å². The Morgan fingerprint density at radius 1 is 1.27 bits per heavy atom. The lowest BCUT2D eigenvalue weighted by molar-refractivity contribution is -0.116. The largest absolute Gasteiger partial charge is 0.345 e. The van der Waals surface area contributed by atoms with E-state index >= 15 is 0 Å². The van der Waals surface area contributed by atoms with Crippen LogP contribution in [0.25, 0.3) is 0 Å². The topological polar surface area (TPSA) is 105 Å². The molecule has 0 spiro atoms. The van der Waals surface area contributed by atoms with Crippen molar-refractivity contribution in [1.29, 1.82) is 5.26 Å². The van der Waals surface area contributed by atoms with Crippen LogP contribution in [0.15, 0.2) is 24.3 Å². The molecule has 10 heteroatoms. The third-order valence-electron chi connectivity index (χ3n) is 5.76. The first kappa shape index (κ1) is 22.9. The molecule has 2 N–H and O–H groups in total. The highest BCUT2D eigenvalue weighted by Crippen LogP contribution is 2.37. The monoisotopic (exact) mass is 480 g/mol. The van der Waals surface area contributed by atoms with Gasteiger partial charge in [0.05, 0.1) is 12.1 Å². The summed E-state index contributed by atoms with van der Waals surface area (Å²) >= 11 is 6.92. The van der Waals surface area contributed by atoms with Gasteiger partial charge in [-0.15, -0.1) is 11.3 Å². The predicted molar refractivity (Wildman–Crippen MR) is 129 cm³/mol. The van der Waals surface area contributed by atoms with Crippen LogP contribution in [-0.4, -0.2) is 26.2 Å². The Balaban J connectivity index is 1.44. The Kier molecular flexibility index (Phi) is 6.72. The first-order chi connectivity index (χ1) is 15.9. The quantitative estimate of drug-likeness (QED) is 0.524. The maximum atomic E-state index is 12.7. The lowest BCUT2D eigenvalue weighted by atomic mass is 9.96. The molecule has 0 aliphatic heterocycles. The molecule has 4 rings (SSSR count). The minimum Gasteiger partial charge on any atom is -0.345 e. The fourth-order valence-electron chi connectivity index (χ4n) is 3.95. The SMILES string of the molecule is Cc1ccccc1C(=O)NCc1nn(CC(=O)Nc2sc3c(c2C#N)CCCC3)c(=S)n1C. The summed E-state index contributed by atoms with van der Waals surface area (Å²) in [7, 11) is 1.75. The van der Waals surface area contributed by atoms with Crippen LogP contribution in [0.2, 0.25) is 0 Å². The van der Waals surface area contributed by atoms with Crippen LogP contribution < -0.4 is 10.6 Å². The van der Waals surface area contributed by atoms with Crippen molar-refractivity contribution in [2.45, 2.75) is 45.7 Å². The summed E-state index contributed by atoms with van der Waals surface area (Å²) in [5, 5.41) is 20.3. The second kappa shape index (κ2) is 9.68. The van der Waals surface area contributed by atoms with Crippen molar-refractivity contribution in [3.63, 3.8) is 0 Å². The zero-order valence-electron chi connectivity index (χ0n) is 18.5. The molecule has 1 aliphatic carbocycles. The summed E-state index contributed by atoms with van der Waals surface area (Å²) < 4.78 is 3.47. The first-order valence-corrected chi connectivity index (χ1v) is 11.9. The molecule has 0 radical (unpaired) electrons. The molecule has 8 nitrogen and oxygen atoms in total. The highest BCUT2D eigenvalue weighted by molar-refractivity contribution is 7.71. The molecule has 0 saturated heterocycles. The van der Waals surface area contributed by atoms with E-state index in [4.69, 9.17) is 12.2 Å². The van der Waals surface area contributed by atoms with Gasteiger partial charge in [0.2, 0.25) is 5.91 Å². The summed E-state index contributed by atoms with van der Waals surface area (Å²) in [5.41, 5.74) is 3.14. The standard InChI is InChI=1S/C23H24N6O2S2/c1-14-7-3-4-8-15(14)21(31)25-12-19-27-29(23(32)28(19)2)13-20(30)26-22-17(11-24)16-9-5-6-10-18(16)33-22/h3-4,7-8H,5-6,9-10,12-13H2,1-2H3,(H,25,31)(H,26,30). The molecule has 2 heterocycles. The van der Waals surface area contributed by atoms with Gasteiger partial charge in [0.1, 0.15) is 17.6 Å². The number of nitrogens with zero attached hydrogens (tertiary/aromatic N) is 4. The molecule has 0 fully saturated rings. The Labute approximate surface area is 200 Å². The zero-order valence-corrected chi connectivity index (χ0v) is 20.1. The summed E-state index contributed by atoms with van der Waals surface area (Å²) in [5.74, 6) is 0.0471. The number of aryl methyl sites for hydroxylation is 2. The van der Waals surface area contributed by atoms with Crippen molar-refractivity contribution in [2.24, 2.45) is 7.05 Å². The van der Waals surface area contributed by atoms with E-state index in [0.717, 1.165) is 36.8 Å². The van der Waals surface area contributed by atoms with Crippen LogP contribution in [0.3, 0.4) is 0 Å². The Morgan fingerprint density at radius 3 is 2.79 bits per heavy atom. The van der Waals surface area contributed by atoms with Gasteiger partial charge in [0.25, 0.3) is 5.91 Å². The third-order valence-corrected chi connectivity index (χ3v) is 7.45. The van der Waals surface area contributed by atoms with E-state index in [1.165, 1.54) is 20.9 Å². The number of fused-ring (bicyclic) bond motifs is 1. The molecule has 2 aromatic heterocycles. The van der Waals surface area contributed by atoms with Gasteiger partial charge in [-0.25, -0.2) is 4.68 Å². The number of benzene rings is 1. The van der Waals surface area contributed by atoms with Gasteiger partial charge >= 0.3 is 0 Å². The Bertz CT molecular complexity index is 1330. The van der Waals surface area contributed by atoms with E-state index in [0.29, 0.717) is 26.7 Å². The number of carbonyl (C=O) groups is 2. The highest BCUT2D eigenvalue weighted by atomic mass is 32.1. The average Bonchev–Trinajstić information content (AvgIpc) is 3.29. The molecule has 1 aromatic carbocycles. The second-order valence-electron chi connectivity index (χ2n) is 7.99. The van der Waals surface area contributed by atoms with Crippen LogP contribution in [-0.2, 0) is 37.8 Å². The van der Waals surface area contributed by atoms with Crippen molar-refractivity contribution in [2.75, 3.05) is 5.32 Å². The fourth-order valence-corrected chi connectivity index (χ4v) is 5.41. The van der Waals surface area contributed by atoms with Gasteiger partial charge in [-0.3, -0.25) is 9.59 Å².